The maximum Gasteiger partial charge on any atom is 0.168 e. The zero-order valence-corrected chi connectivity index (χ0v) is 7.07. The molecule has 0 bridgehead atoms. The van der Waals surface area contributed by atoms with Crippen LogP contribution in [0.25, 0.3) is 0 Å². The van der Waals surface area contributed by atoms with E-state index in [9.17, 15) is 9.90 Å². The maximum atomic E-state index is 10.5. The van der Waals surface area contributed by atoms with Gasteiger partial charge in [0.2, 0.25) is 0 Å². The first-order chi connectivity index (χ1) is 6.22. The average molecular weight is 176 g/mol. The number of terminal acetylenes is 1. The van der Waals surface area contributed by atoms with Crippen LogP contribution >= 0.6 is 0 Å². The Hall–Kier alpha value is -1.95. The fraction of sp³-hybridized carbons (Fsp3) is 0.100. The molecule has 0 saturated heterocycles. The van der Waals surface area contributed by atoms with E-state index >= 15 is 0 Å². The van der Waals surface area contributed by atoms with Crippen LogP contribution < -0.4 is 4.74 Å². The summed E-state index contributed by atoms with van der Waals surface area (Å²) in [6, 6.07) is 2.91. The summed E-state index contributed by atoms with van der Waals surface area (Å²) in [7, 11) is 1.39. The van der Waals surface area contributed by atoms with Crippen molar-refractivity contribution in [3.63, 3.8) is 0 Å². The first-order valence-electron chi connectivity index (χ1n) is 3.55. The minimum Gasteiger partial charge on any atom is -0.504 e. The molecule has 0 aliphatic rings. The molecule has 1 aromatic carbocycles. The van der Waals surface area contributed by atoms with Crippen molar-refractivity contribution >= 4 is 6.29 Å². The summed E-state index contributed by atoms with van der Waals surface area (Å²) in [5, 5.41) is 9.38. The van der Waals surface area contributed by atoms with Crippen LogP contribution in [0.5, 0.6) is 11.5 Å². The summed E-state index contributed by atoms with van der Waals surface area (Å²) >= 11 is 0. The highest BCUT2D eigenvalue weighted by molar-refractivity contribution is 5.82. The van der Waals surface area contributed by atoms with Crippen LogP contribution in [0.2, 0.25) is 0 Å². The number of rotatable bonds is 2. The molecule has 3 heteroatoms. The lowest BCUT2D eigenvalue weighted by Gasteiger charge is -2.05. The summed E-state index contributed by atoms with van der Waals surface area (Å²) < 4.78 is 4.83. The van der Waals surface area contributed by atoms with Crippen molar-refractivity contribution in [2.75, 3.05) is 7.11 Å². The molecule has 0 atom stereocenters. The molecule has 0 heterocycles. The van der Waals surface area contributed by atoms with Gasteiger partial charge in [-0.15, -0.1) is 6.42 Å². The van der Waals surface area contributed by atoms with E-state index in [-0.39, 0.29) is 17.1 Å². The molecular formula is C10H8O3. The van der Waals surface area contributed by atoms with Gasteiger partial charge in [-0.1, -0.05) is 5.92 Å². The fourth-order valence-electron chi connectivity index (χ4n) is 0.958. The Balaban J connectivity index is 3.39. The van der Waals surface area contributed by atoms with E-state index in [0.29, 0.717) is 11.8 Å². The van der Waals surface area contributed by atoms with Crippen molar-refractivity contribution in [3.05, 3.63) is 23.3 Å². The number of benzene rings is 1. The van der Waals surface area contributed by atoms with E-state index in [1.165, 1.54) is 19.2 Å². The smallest absolute Gasteiger partial charge is 0.168 e. The molecular weight excluding hydrogens is 168 g/mol. The van der Waals surface area contributed by atoms with E-state index in [1.54, 1.807) is 0 Å². The van der Waals surface area contributed by atoms with Crippen molar-refractivity contribution < 1.29 is 14.6 Å². The van der Waals surface area contributed by atoms with E-state index in [2.05, 4.69) is 5.92 Å². The van der Waals surface area contributed by atoms with Crippen LogP contribution in [0.3, 0.4) is 0 Å². The Bertz CT molecular complexity index is 374. The lowest BCUT2D eigenvalue weighted by Crippen LogP contribution is -1.90. The van der Waals surface area contributed by atoms with Crippen molar-refractivity contribution in [1.82, 2.24) is 0 Å². The number of hydrogen-bond acceptors (Lipinski definition) is 3. The van der Waals surface area contributed by atoms with Gasteiger partial charge in [0.1, 0.15) is 0 Å². The zero-order chi connectivity index (χ0) is 9.84. The van der Waals surface area contributed by atoms with Crippen LogP contribution in [0.15, 0.2) is 12.1 Å². The second-order valence-electron chi connectivity index (χ2n) is 2.38. The number of methoxy groups -OCH3 is 1. The Kier molecular flexibility index (Phi) is 2.56. The minimum absolute atomic E-state index is 0.132. The maximum absolute atomic E-state index is 10.5. The molecule has 0 aliphatic heterocycles. The third-order valence-electron chi connectivity index (χ3n) is 1.62. The lowest BCUT2D eigenvalue weighted by molar-refractivity contribution is 0.112. The number of hydrogen-bond donors (Lipinski definition) is 1. The number of phenolic OH excluding ortho intramolecular Hbond substituents is 1. The summed E-state index contributed by atoms with van der Waals surface area (Å²) in [6.45, 7) is 0. The Morgan fingerprint density at radius 2 is 2.31 bits per heavy atom. The molecule has 1 aromatic rings. The van der Waals surface area contributed by atoms with Gasteiger partial charge in [-0.2, -0.15) is 0 Å². The molecule has 0 amide bonds. The quantitative estimate of drug-likeness (QED) is 0.544. The molecule has 0 saturated carbocycles. The normalized spacial score (nSPS) is 8.92. The number of carbonyl (C=O) groups excluding carboxylic acids is 1. The highest BCUT2D eigenvalue weighted by atomic mass is 16.5. The number of phenols is 1. The van der Waals surface area contributed by atoms with Gasteiger partial charge in [0.05, 0.1) is 12.7 Å². The minimum atomic E-state index is -0.184. The van der Waals surface area contributed by atoms with Crippen LogP contribution in [-0.4, -0.2) is 18.5 Å². The van der Waals surface area contributed by atoms with Crippen molar-refractivity contribution in [1.29, 1.82) is 0 Å². The highest BCUT2D eigenvalue weighted by Crippen LogP contribution is 2.29. The first-order valence-corrected chi connectivity index (χ1v) is 3.55. The van der Waals surface area contributed by atoms with E-state index < -0.39 is 0 Å². The van der Waals surface area contributed by atoms with Gasteiger partial charge in [-0.25, -0.2) is 0 Å². The molecule has 1 N–H and O–H groups in total. The molecule has 0 spiro atoms. The van der Waals surface area contributed by atoms with Gasteiger partial charge >= 0.3 is 0 Å². The average Bonchev–Trinajstić information content (AvgIpc) is 2.18. The second kappa shape index (κ2) is 3.63. The first kappa shape index (κ1) is 9.14. The van der Waals surface area contributed by atoms with E-state index in [0.717, 1.165) is 0 Å². The number of aromatic hydroxyl groups is 1. The third-order valence-corrected chi connectivity index (χ3v) is 1.62. The Morgan fingerprint density at radius 3 is 2.77 bits per heavy atom. The SMILES string of the molecule is C#Cc1cc(C=O)c(O)c(OC)c1. The largest absolute Gasteiger partial charge is 0.504 e. The van der Waals surface area contributed by atoms with Gasteiger partial charge in [0, 0.05) is 5.56 Å². The standard InChI is InChI=1S/C10H8O3/c1-3-7-4-8(6-11)10(12)9(5-7)13-2/h1,4-6,12H,2H3. The molecule has 3 nitrogen and oxygen atoms in total. The van der Waals surface area contributed by atoms with Crippen molar-refractivity contribution in [2.24, 2.45) is 0 Å². The number of ether oxygens (including phenoxy) is 1. The molecule has 13 heavy (non-hydrogen) atoms. The van der Waals surface area contributed by atoms with Gasteiger partial charge in [0.15, 0.2) is 17.8 Å². The van der Waals surface area contributed by atoms with Crippen molar-refractivity contribution in [3.8, 4) is 23.8 Å². The summed E-state index contributed by atoms with van der Waals surface area (Å²) in [4.78, 5) is 10.5. The topological polar surface area (TPSA) is 46.5 Å². The second-order valence-corrected chi connectivity index (χ2v) is 2.38. The van der Waals surface area contributed by atoms with Crippen LogP contribution in [0.4, 0.5) is 0 Å². The van der Waals surface area contributed by atoms with E-state index in [4.69, 9.17) is 11.2 Å². The van der Waals surface area contributed by atoms with Gasteiger partial charge in [0.25, 0.3) is 0 Å². The molecule has 0 radical (unpaired) electrons. The van der Waals surface area contributed by atoms with Crippen LogP contribution in [0, 0.1) is 12.3 Å². The Labute approximate surface area is 76.0 Å². The Morgan fingerprint density at radius 1 is 1.62 bits per heavy atom. The van der Waals surface area contributed by atoms with Crippen LogP contribution in [-0.2, 0) is 0 Å². The van der Waals surface area contributed by atoms with Crippen molar-refractivity contribution in [2.45, 2.75) is 0 Å². The van der Waals surface area contributed by atoms with Crippen LogP contribution in [0.1, 0.15) is 15.9 Å². The molecule has 0 unspecified atom stereocenters. The highest BCUT2D eigenvalue weighted by Gasteiger charge is 2.08. The van der Waals surface area contributed by atoms with E-state index in [1.807, 2.05) is 0 Å². The lowest BCUT2D eigenvalue weighted by atomic mass is 10.1. The fourth-order valence-corrected chi connectivity index (χ4v) is 0.958. The molecule has 0 fully saturated rings. The van der Waals surface area contributed by atoms with Gasteiger partial charge < -0.3 is 9.84 Å². The zero-order valence-electron chi connectivity index (χ0n) is 7.07. The molecule has 1 rings (SSSR count). The van der Waals surface area contributed by atoms with Gasteiger partial charge in [-0.3, -0.25) is 4.79 Å². The molecule has 66 valence electrons. The summed E-state index contributed by atoms with van der Waals surface area (Å²) in [6.07, 6.45) is 5.67. The summed E-state index contributed by atoms with van der Waals surface area (Å²) in [5.74, 6) is 2.38. The molecule has 0 aliphatic carbocycles. The monoisotopic (exact) mass is 176 g/mol. The predicted molar refractivity (Wildman–Crippen MR) is 48.0 cm³/mol. The predicted octanol–water partition coefficient (Wildman–Crippen LogP) is 1.19. The molecule has 0 aromatic heterocycles. The number of aldehydes is 1. The summed E-state index contributed by atoms with van der Waals surface area (Å²) in [5.41, 5.74) is 0.629. The third kappa shape index (κ3) is 1.62. The van der Waals surface area contributed by atoms with Gasteiger partial charge in [-0.05, 0) is 12.1 Å². The number of carbonyl (C=O) groups is 1.